The van der Waals surface area contributed by atoms with E-state index in [0.29, 0.717) is 18.0 Å². The zero-order chi connectivity index (χ0) is 16.0. The number of hydrogen-bond acceptors (Lipinski definition) is 5. The summed E-state index contributed by atoms with van der Waals surface area (Å²) in [6.45, 7) is 1.77. The van der Waals surface area contributed by atoms with E-state index in [1.165, 1.54) is 6.26 Å². The largest absolute Gasteiger partial charge is 0.492 e. The van der Waals surface area contributed by atoms with Gasteiger partial charge in [0, 0.05) is 24.6 Å². The molecule has 122 valence electrons. The highest BCUT2D eigenvalue weighted by Gasteiger charge is 2.20. The Morgan fingerprint density at radius 2 is 2.27 bits per heavy atom. The number of amides is 1. The van der Waals surface area contributed by atoms with Gasteiger partial charge in [-0.3, -0.25) is 4.79 Å². The molecule has 0 aromatic heterocycles. The summed E-state index contributed by atoms with van der Waals surface area (Å²) < 4.78 is 27.5. The van der Waals surface area contributed by atoms with Crippen molar-refractivity contribution in [3.63, 3.8) is 0 Å². The summed E-state index contributed by atoms with van der Waals surface area (Å²) in [5, 5.41) is 6.09. The highest BCUT2D eigenvalue weighted by molar-refractivity contribution is 7.90. The first-order valence-electron chi connectivity index (χ1n) is 7.36. The van der Waals surface area contributed by atoms with Crippen LogP contribution in [0.2, 0.25) is 0 Å². The number of carbonyl (C=O) groups is 1. The molecule has 1 heterocycles. The van der Waals surface area contributed by atoms with Crippen LogP contribution in [0.1, 0.15) is 12.8 Å². The minimum atomic E-state index is -3.04. The number of sulfone groups is 1. The minimum Gasteiger partial charge on any atom is -0.492 e. The van der Waals surface area contributed by atoms with Gasteiger partial charge in [-0.1, -0.05) is 6.07 Å². The Morgan fingerprint density at radius 1 is 1.45 bits per heavy atom. The standard InChI is InChI=1S/C15H22N2O4S/c1-22(19,20)9-8-21-14-6-2-5-13(10-14)17-15(18)12-4-3-7-16-11-12/h2,5-6,10,12,16H,3-4,7-9,11H2,1H3,(H,17,18). The summed E-state index contributed by atoms with van der Waals surface area (Å²) >= 11 is 0. The third-order valence-corrected chi connectivity index (χ3v) is 4.40. The van der Waals surface area contributed by atoms with Gasteiger partial charge in [-0.25, -0.2) is 8.42 Å². The van der Waals surface area contributed by atoms with E-state index >= 15 is 0 Å². The molecule has 6 nitrogen and oxygen atoms in total. The van der Waals surface area contributed by atoms with Gasteiger partial charge in [0.25, 0.3) is 0 Å². The van der Waals surface area contributed by atoms with Crippen LogP contribution in [0.25, 0.3) is 0 Å². The first-order chi connectivity index (χ1) is 10.4. The normalized spacial score (nSPS) is 18.7. The van der Waals surface area contributed by atoms with Crippen LogP contribution in [0.5, 0.6) is 5.75 Å². The summed E-state index contributed by atoms with van der Waals surface area (Å²) in [7, 11) is -3.04. The lowest BCUT2D eigenvalue weighted by atomic mass is 9.99. The monoisotopic (exact) mass is 326 g/mol. The second kappa shape index (κ2) is 7.60. The lowest BCUT2D eigenvalue weighted by Gasteiger charge is -2.22. The van der Waals surface area contributed by atoms with Gasteiger partial charge in [0.15, 0.2) is 9.84 Å². The molecular formula is C15H22N2O4S. The maximum atomic E-state index is 12.2. The van der Waals surface area contributed by atoms with E-state index in [0.717, 1.165) is 19.4 Å². The van der Waals surface area contributed by atoms with Crippen LogP contribution in [0.4, 0.5) is 5.69 Å². The van der Waals surface area contributed by atoms with Crippen LogP contribution in [0.3, 0.4) is 0 Å². The molecule has 22 heavy (non-hydrogen) atoms. The molecule has 1 aromatic carbocycles. The average Bonchev–Trinajstić information content (AvgIpc) is 2.47. The molecule has 2 N–H and O–H groups in total. The maximum absolute atomic E-state index is 12.2. The van der Waals surface area contributed by atoms with E-state index in [1.807, 2.05) is 0 Å². The van der Waals surface area contributed by atoms with Crippen LogP contribution >= 0.6 is 0 Å². The number of piperidine rings is 1. The first-order valence-corrected chi connectivity index (χ1v) is 9.42. The lowest BCUT2D eigenvalue weighted by molar-refractivity contribution is -0.120. The van der Waals surface area contributed by atoms with Crippen molar-refractivity contribution in [1.29, 1.82) is 0 Å². The van der Waals surface area contributed by atoms with Crippen molar-refractivity contribution in [3.8, 4) is 5.75 Å². The molecule has 1 unspecified atom stereocenters. The second-order valence-electron chi connectivity index (χ2n) is 5.54. The van der Waals surface area contributed by atoms with E-state index < -0.39 is 9.84 Å². The van der Waals surface area contributed by atoms with Crippen LogP contribution in [-0.4, -0.2) is 46.0 Å². The minimum absolute atomic E-state index is 0.000450. The molecule has 1 aliphatic heterocycles. The van der Waals surface area contributed by atoms with Gasteiger partial charge in [-0.05, 0) is 31.5 Å². The van der Waals surface area contributed by atoms with Crippen molar-refractivity contribution >= 4 is 21.4 Å². The Kier molecular flexibility index (Phi) is 5.79. The van der Waals surface area contributed by atoms with Crippen molar-refractivity contribution in [2.45, 2.75) is 12.8 Å². The Morgan fingerprint density at radius 3 is 2.95 bits per heavy atom. The number of rotatable bonds is 6. The van der Waals surface area contributed by atoms with Gasteiger partial charge in [0.1, 0.15) is 12.4 Å². The highest BCUT2D eigenvalue weighted by Crippen LogP contribution is 2.19. The molecular weight excluding hydrogens is 304 g/mol. The smallest absolute Gasteiger partial charge is 0.228 e. The lowest BCUT2D eigenvalue weighted by Crippen LogP contribution is -2.37. The molecule has 1 aromatic rings. The summed E-state index contributed by atoms with van der Waals surface area (Å²) in [5.41, 5.74) is 0.660. The Hall–Kier alpha value is -1.60. The predicted octanol–water partition coefficient (Wildman–Crippen LogP) is 1.05. The van der Waals surface area contributed by atoms with Crippen molar-refractivity contribution < 1.29 is 17.9 Å². The van der Waals surface area contributed by atoms with Gasteiger partial charge in [-0.15, -0.1) is 0 Å². The third kappa shape index (κ3) is 5.65. The fraction of sp³-hybridized carbons (Fsp3) is 0.533. The van der Waals surface area contributed by atoms with Crippen molar-refractivity contribution in [3.05, 3.63) is 24.3 Å². The number of carbonyl (C=O) groups excluding carboxylic acids is 1. The molecule has 1 fully saturated rings. The molecule has 0 radical (unpaired) electrons. The van der Waals surface area contributed by atoms with Gasteiger partial charge in [0.2, 0.25) is 5.91 Å². The molecule has 0 aliphatic carbocycles. The first kappa shape index (κ1) is 16.8. The van der Waals surface area contributed by atoms with Crippen LogP contribution in [-0.2, 0) is 14.6 Å². The summed E-state index contributed by atoms with van der Waals surface area (Å²) in [6, 6.07) is 7.00. The fourth-order valence-corrected chi connectivity index (χ4v) is 2.68. The quantitative estimate of drug-likeness (QED) is 0.816. The third-order valence-electron chi connectivity index (χ3n) is 3.49. The fourth-order valence-electron chi connectivity index (χ4n) is 2.29. The van der Waals surface area contributed by atoms with E-state index in [4.69, 9.17) is 4.74 Å². The summed E-state index contributed by atoms with van der Waals surface area (Å²) in [4.78, 5) is 12.2. The number of nitrogens with one attached hydrogen (secondary N) is 2. The molecule has 7 heteroatoms. The van der Waals surface area contributed by atoms with E-state index in [1.54, 1.807) is 24.3 Å². The van der Waals surface area contributed by atoms with Crippen LogP contribution < -0.4 is 15.4 Å². The second-order valence-corrected chi connectivity index (χ2v) is 7.80. The number of ether oxygens (including phenoxy) is 1. The SMILES string of the molecule is CS(=O)(=O)CCOc1cccc(NC(=O)C2CCCNC2)c1. The topological polar surface area (TPSA) is 84.5 Å². The number of benzene rings is 1. The molecule has 1 atom stereocenters. The van der Waals surface area contributed by atoms with Crippen LogP contribution in [0.15, 0.2) is 24.3 Å². The summed E-state index contributed by atoms with van der Waals surface area (Å²) in [5.74, 6) is 0.504. The van der Waals surface area contributed by atoms with Gasteiger partial charge in [0.05, 0.1) is 11.7 Å². The maximum Gasteiger partial charge on any atom is 0.228 e. The Balaban J connectivity index is 1.89. The molecule has 1 saturated heterocycles. The molecule has 0 spiro atoms. The molecule has 1 amide bonds. The molecule has 0 saturated carbocycles. The van der Waals surface area contributed by atoms with Gasteiger partial charge in [-0.2, -0.15) is 0 Å². The van der Waals surface area contributed by atoms with E-state index in [-0.39, 0.29) is 24.2 Å². The van der Waals surface area contributed by atoms with Crippen LogP contribution in [0, 0.1) is 5.92 Å². The Labute approximate surface area is 131 Å². The molecule has 1 aliphatic rings. The summed E-state index contributed by atoms with van der Waals surface area (Å²) in [6.07, 6.45) is 3.07. The van der Waals surface area contributed by atoms with Gasteiger partial charge < -0.3 is 15.4 Å². The van der Waals surface area contributed by atoms with Crippen molar-refractivity contribution in [2.24, 2.45) is 5.92 Å². The Bertz CT molecular complexity index is 610. The zero-order valence-electron chi connectivity index (χ0n) is 12.7. The average molecular weight is 326 g/mol. The van der Waals surface area contributed by atoms with Gasteiger partial charge >= 0.3 is 0 Å². The molecule has 2 rings (SSSR count). The van der Waals surface area contributed by atoms with E-state index in [2.05, 4.69) is 10.6 Å². The van der Waals surface area contributed by atoms with Crippen molar-refractivity contribution in [1.82, 2.24) is 5.32 Å². The number of hydrogen-bond donors (Lipinski definition) is 2. The van der Waals surface area contributed by atoms with Crippen molar-refractivity contribution in [2.75, 3.05) is 37.0 Å². The number of anilines is 1. The highest BCUT2D eigenvalue weighted by atomic mass is 32.2. The predicted molar refractivity (Wildman–Crippen MR) is 85.9 cm³/mol. The van der Waals surface area contributed by atoms with E-state index in [9.17, 15) is 13.2 Å². The zero-order valence-corrected chi connectivity index (χ0v) is 13.5. The molecule has 0 bridgehead atoms.